The summed E-state index contributed by atoms with van der Waals surface area (Å²) in [5, 5.41) is 2.84. The van der Waals surface area contributed by atoms with Gasteiger partial charge in [0.15, 0.2) is 0 Å². The number of para-hydroxylation sites is 1. The molecule has 0 unspecified atom stereocenters. The van der Waals surface area contributed by atoms with Crippen LogP contribution in [0.4, 0.5) is 0 Å². The lowest BCUT2D eigenvalue weighted by Gasteiger charge is -2.26. The van der Waals surface area contributed by atoms with Gasteiger partial charge in [0.1, 0.15) is 0 Å². The molecule has 24 heavy (non-hydrogen) atoms. The third kappa shape index (κ3) is 2.85. The predicted molar refractivity (Wildman–Crippen MR) is 105 cm³/mol. The second-order valence-electron chi connectivity index (χ2n) is 7.78. The maximum atomic E-state index is 2.45. The van der Waals surface area contributed by atoms with Crippen LogP contribution in [0.5, 0.6) is 0 Å². The number of benzene rings is 2. The van der Waals surface area contributed by atoms with Crippen molar-refractivity contribution in [3.63, 3.8) is 0 Å². The van der Waals surface area contributed by atoms with Crippen LogP contribution >= 0.6 is 0 Å². The molecule has 0 aliphatic heterocycles. The molecule has 1 aliphatic carbocycles. The van der Waals surface area contributed by atoms with Gasteiger partial charge in [0, 0.05) is 28.4 Å². The number of aryl methyl sites for hydroxylation is 2. The molecule has 0 radical (unpaired) electrons. The van der Waals surface area contributed by atoms with E-state index in [2.05, 4.69) is 60.9 Å². The van der Waals surface area contributed by atoms with Crippen LogP contribution < -0.4 is 0 Å². The number of aromatic nitrogens is 1. The maximum Gasteiger partial charge on any atom is 0.0491 e. The molecule has 1 aromatic heterocycles. The first-order valence-electron chi connectivity index (χ1n) is 9.76. The average Bonchev–Trinajstić information content (AvgIpc) is 2.94. The minimum absolute atomic E-state index is 0.953. The van der Waals surface area contributed by atoms with Crippen LogP contribution in [0.3, 0.4) is 0 Å². The first-order chi connectivity index (χ1) is 11.8. The van der Waals surface area contributed by atoms with Gasteiger partial charge in [-0.1, -0.05) is 56.9 Å². The summed E-state index contributed by atoms with van der Waals surface area (Å²) in [5.41, 5.74) is 4.27. The van der Waals surface area contributed by atoms with Crippen LogP contribution in [-0.2, 0) is 13.0 Å². The van der Waals surface area contributed by atoms with Crippen LogP contribution in [0, 0.1) is 11.8 Å². The Morgan fingerprint density at radius 2 is 1.67 bits per heavy atom. The van der Waals surface area contributed by atoms with Gasteiger partial charge in [-0.05, 0) is 55.4 Å². The average molecular weight is 319 g/mol. The number of nitrogens with zero attached hydrogens (tertiary/aromatic N) is 1. The van der Waals surface area contributed by atoms with Crippen molar-refractivity contribution >= 4 is 21.8 Å². The standard InChI is InChI=1S/C23H29N/c1-3-24-22-7-5-4-6-20(22)21-16-19(14-15-23(21)24)13-12-18-10-8-17(2)9-11-18/h4-7,14-18H,3,8-13H2,1-2H3. The van der Waals surface area contributed by atoms with Gasteiger partial charge in [-0.15, -0.1) is 0 Å². The zero-order valence-corrected chi connectivity index (χ0v) is 15.1. The summed E-state index contributed by atoms with van der Waals surface area (Å²) < 4.78 is 2.44. The minimum atomic E-state index is 0.953. The fourth-order valence-electron chi connectivity index (χ4n) is 4.59. The van der Waals surface area contributed by atoms with E-state index in [0.717, 1.165) is 18.4 Å². The van der Waals surface area contributed by atoms with Gasteiger partial charge < -0.3 is 4.57 Å². The van der Waals surface area contributed by atoms with E-state index in [4.69, 9.17) is 0 Å². The SMILES string of the molecule is CCn1c2ccccc2c2cc(CCC3CCC(C)CC3)ccc21. The van der Waals surface area contributed by atoms with Crippen molar-refractivity contribution in [2.45, 2.75) is 58.9 Å². The zero-order valence-electron chi connectivity index (χ0n) is 15.1. The second kappa shape index (κ2) is 6.63. The summed E-state index contributed by atoms with van der Waals surface area (Å²) in [4.78, 5) is 0. The predicted octanol–water partition coefficient (Wildman–Crippen LogP) is 6.57. The van der Waals surface area contributed by atoms with E-state index in [-0.39, 0.29) is 0 Å². The largest absolute Gasteiger partial charge is 0.341 e. The molecule has 126 valence electrons. The summed E-state index contributed by atoms with van der Waals surface area (Å²) in [7, 11) is 0. The minimum Gasteiger partial charge on any atom is -0.341 e. The van der Waals surface area contributed by atoms with Crippen molar-refractivity contribution in [3.05, 3.63) is 48.0 Å². The van der Waals surface area contributed by atoms with Gasteiger partial charge in [0.25, 0.3) is 0 Å². The quantitative estimate of drug-likeness (QED) is 0.512. The van der Waals surface area contributed by atoms with Crippen molar-refractivity contribution in [1.29, 1.82) is 0 Å². The summed E-state index contributed by atoms with van der Waals surface area (Å²) in [6.07, 6.45) is 8.36. The molecule has 2 aromatic carbocycles. The number of hydrogen-bond acceptors (Lipinski definition) is 0. The molecule has 1 aliphatic rings. The normalized spacial score (nSPS) is 21.6. The fraction of sp³-hybridized carbons (Fsp3) is 0.478. The highest BCUT2D eigenvalue weighted by molar-refractivity contribution is 6.08. The lowest BCUT2D eigenvalue weighted by atomic mass is 9.80. The van der Waals surface area contributed by atoms with Gasteiger partial charge in [-0.3, -0.25) is 0 Å². The van der Waals surface area contributed by atoms with Gasteiger partial charge in [0.05, 0.1) is 0 Å². The van der Waals surface area contributed by atoms with E-state index in [1.165, 1.54) is 65.9 Å². The fourth-order valence-corrected chi connectivity index (χ4v) is 4.59. The van der Waals surface area contributed by atoms with E-state index >= 15 is 0 Å². The molecule has 1 fully saturated rings. The molecule has 1 nitrogen and oxygen atoms in total. The highest BCUT2D eigenvalue weighted by Gasteiger charge is 2.18. The number of fused-ring (bicyclic) bond motifs is 3. The Hall–Kier alpha value is -1.76. The van der Waals surface area contributed by atoms with Crippen molar-refractivity contribution in [3.8, 4) is 0 Å². The first kappa shape index (κ1) is 15.7. The van der Waals surface area contributed by atoms with Crippen molar-refractivity contribution in [1.82, 2.24) is 4.57 Å². The third-order valence-corrected chi connectivity index (χ3v) is 6.13. The summed E-state index contributed by atoms with van der Waals surface area (Å²) in [5.74, 6) is 1.91. The molecular formula is C23H29N. The lowest BCUT2D eigenvalue weighted by Crippen LogP contribution is -2.12. The smallest absolute Gasteiger partial charge is 0.0491 e. The van der Waals surface area contributed by atoms with Gasteiger partial charge in [0.2, 0.25) is 0 Å². The van der Waals surface area contributed by atoms with E-state index in [0.29, 0.717) is 0 Å². The summed E-state index contributed by atoms with van der Waals surface area (Å²) in [6.45, 7) is 5.68. The Morgan fingerprint density at radius 3 is 2.46 bits per heavy atom. The van der Waals surface area contributed by atoms with Crippen LogP contribution in [0.2, 0.25) is 0 Å². The Morgan fingerprint density at radius 1 is 0.917 bits per heavy atom. The second-order valence-corrected chi connectivity index (χ2v) is 7.78. The highest BCUT2D eigenvalue weighted by atomic mass is 15.0. The van der Waals surface area contributed by atoms with Crippen molar-refractivity contribution in [2.75, 3.05) is 0 Å². The zero-order chi connectivity index (χ0) is 16.5. The maximum absolute atomic E-state index is 2.45. The molecule has 0 amide bonds. The van der Waals surface area contributed by atoms with E-state index in [9.17, 15) is 0 Å². The molecule has 0 N–H and O–H groups in total. The van der Waals surface area contributed by atoms with E-state index in [1.807, 2.05) is 0 Å². The van der Waals surface area contributed by atoms with Gasteiger partial charge in [-0.2, -0.15) is 0 Å². The number of hydrogen-bond donors (Lipinski definition) is 0. The molecule has 1 heterocycles. The molecule has 1 heteroatoms. The van der Waals surface area contributed by atoms with Gasteiger partial charge >= 0.3 is 0 Å². The van der Waals surface area contributed by atoms with E-state index < -0.39 is 0 Å². The van der Waals surface area contributed by atoms with Crippen LogP contribution in [0.15, 0.2) is 42.5 Å². The summed E-state index contributed by atoms with van der Waals surface area (Å²) >= 11 is 0. The third-order valence-electron chi connectivity index (χ3n) is 6.13. The Kier molecular flexibility index (Phi) is 4.35. The Bertz CT molecular complexity index is 834. The monoisotopic (exact) mass is 319 g/mol. The van der Waals surface area contributed by atoms with Crippen molar-refractivity contribution < 1.29 is 0 Å². The van der Waals surface area contributed by atoms with Crippen LogP contribution in [0.1, 0.15) is 51.5 Å². The Balaban J connectivity index is 1.60. The molecule has 0 saturated heterocycles. The highest BCUT2D eigenvalue weighted by Crippen LogP contribution is 2.33. The van der Waals surface area contributed by atoms with Crippen LogP contribution in [-0.4, -0.2) is 4.57 Å². The van der Waals surface area contributed by atoms with Crippen molar-refractivity contribution in [2.24, 2.45) is 11.8 Å². The lowest BCUT2D eigenvalue weighted by molar-refractivity contribution is 0.278. The molecule has 4 rings (SSSR count). The molecule has 1 saturated carbocycles. The first-order valence-corrected chi connectivity index (χ1v) is 9.76. The molecule has 0 spiro atoms. The molecule has 0 atom stereocenters. The topological polar surface area (TPSA) is 4.93 Å². The van der Waals surface area contributed by atoms with Crippen LogP contribution in [0.25, 0.3) is 21.8 Å². The molecule has 0 bridgehead atoms. The Labute approximate surface area is 145 Å². The summed E-state index contributed by atoms with van der Waals surface area (Å²) in [6, 6.07) is 16.0. The molecular weight excluding hydrogens is 290 g/mol. The van der Waals surface area contributed by atoms with Gasteiger partial charge in [-0.25, -0.2) is 0 Å². The molecule has 3 aromatic rings. The van der Waals surface area contributed by atoms with E-state index in [1.54, 1.807) is 0 Å². The number of rotatable bonds is 4.